The summed E-state index contributed by atoms with van der Waals surface area (Å²) >= 11 is 0. The van der Waals surface area contributed by atoms with Crippen molar-refractivity contribution in [3.05, 3.63) is 35.9 Å². The molecule has 1 N–H and O–H groups in total. The van der Waals surface area contributed by atoms with Crippen LogP contribution in [0.4, 0.5) is 0 Å². The van der Waals surface area contributed by atoms with Gasteiger partial charge in [0.15, 0.2) is 0 Å². The van der Waals surface area contributed by atoms with Crippen LogP contribution in [0.3, 0.4) is 0 Å². The van der Waals surface area contributed by atoms with Crippen molar-refractivity contribution < 1.29 is 9.90 Å². The third-order valence-corrected chi connectivity index (χ3v) is 3.73. The molecule has 1 aromatic rings. The van der Waals surface area contributed by atoms with Gasteiger partial charge in [0.1, 0.15) is 0 Å². The first kappa shape index (κ1) is 15.0. The monoisotopic (exact) mass is 276 g/mol. The molecule has 0 bridgehead atoms. The van der Waals surface area contributed by atoms with E-state index < -0.39 is 0 Å². The minimum Gasteiger partial charge on any atom is -0.395 e. The second-order valence-corrected chi connectivity index (χ2v) is 5.33. The van der Waals surface area contributed by atoms with Crippen molar-refractivity contribution >= 4 is 5.91 Å². The molecule has 1 aliphatic carbocycles. The van der Waals surface area contributed by atoms with E-state index in [9.17, 15) is 4.79 Å². The molecule has 20 heavy (non-hydrogen) atoms. The van der Waals surface area contributed by atoms with E-state index in [0.717, 1.165) is 19.4 Å². The van der Waals surface area contributed by atoms with E-state index >= 15 is 0 Å². The number of amides is 1. The predicted octanol–water partition coefficient (Wildman–Crippen LogP) is 1.49. The van der Waals surface area contributed by atoms with E-state index in [1.807, 2.05) is 34.9 Å². The summed E-state index contributed by atoms with van der Waals surface area (Å²) < 4.78 is 0. The summed E-state index contributed by atoms with van der Waals surface area (Å²) in [6.07, 6.45) is 2.23. The molecule has 0 atom stereocenters. The number of likely N-dealkylation sites (N-methyl/N-ethyl adjacent to an activating group) is 1. The lowest BCUT2D eigenvalue weighted by atomic mass is 10.2. The molecule has 1 saturated carbocycles. The fourth-order valence-electron chi connectivity index (χ4n) is 2.36. The molecule has 1 aliphatic rings. The minimum absolute atomic E-state index is 0.100. The number of aliphatic hydroxyl groups is 1. The summed E-state index contributed by atoms with van der Waals surface area (Å²) in [5.41, 5.74) is 1.18. The van der Waals surface area contributed by atoms with Gasteiger partial charge >= 0.3 is 0 Å². The van der Waals surface area contributed by atoms with Gasteiger partial charge in [-0.3, -0.25) is 9.69 Å². The van der Waals surface area contributed by atoms with Crippen LogP contribution in [0.15, 0.2) is 30.3 Å². The number of carbonyl (C=O) groups excluding carboxylic acids is 1. The summed E-state index contributed by atoms with van der Waals surface area (Å²) in [4.78, 5) is 16.5. The maximum atomic E-state index is 12.5. The van der Waals surface area contributed by atoms with E-state index in [1.165, 1.54) is 5.56 Å². The first-order valence-corrected chi connectivity index (χ1v) is 7.41. The lowest BCUT2D eigenvalue weighted by Crippen LogP contribution is -2.42. The lowest BCUT2D eigenvalue weighted by molar-refractivity contribution is -0.133. The van der Waals surface area contributed by atoms with E-state index in [2.05, 4.69) is 12.1 Å². The molecule has 0 radical (unpaired) electrons. The Balaban J connectivity index is 1.96. The van der Waals surface area contributed by atoms with E-state index in [0.29, 0.717) is 25.7 Å². The molecule has 0 unspecified atom stereocenters. The Bertz CT molecular complexity index is 418. The van der Waals surface area contributed by atoms with Gasteiger partial charge in [0.25, 0.3) is 0 Å². The molecule has 2 rings (SSSR count). The highest BCUT2D eigenvalue weighted by atomic mass is 16.3. The van der Waals surface area contributed by atoms with Crippen molar-refractivity contribution in [2.24, 2.45) is 0 Å². The average Bonchev–Trinajstić information content (AvgIpc) is 3.29. The number of rotatable bonds is 8. The Hall–Kier alpha value is -1.39. The molecule has 4 heteroatoms. The van der Waals surface area contributed by atoms with Crippen molar-refractivity contribution in [1.29, 1.82) is 0 Å². The summed E-state index contributed by atoms with van der Waals surface area (Å²) in [6, 6.07) is 10.6. The van der Waals surface area contributed by atoms with Crippen LogP contribution in [-0.4, -0.2) is 53.1 Å². The number of hydrogen-bond donors (Lipinski definition) is 1. The summed E-state index contributed by atoms with van der Waals surface area (Å²) in [6.45, 7) is 4.56. The van der Waals surface area contributed by atoms with Gasteiger partial charge in [-0.15, -0.1) is 0 Å². The molecule has 0 spiro atoms. The fourth-order valence-corrected chi connectivity index (χ4v) is 2.36. The van der Waals surface area contributed by atoms with Gasteiger partial charge in [0.2, 0.25) is 5.91 Å². The highest BCUT2D eigenvalue weighted by molar-refractivity contribution is 5.79. The maximum absolute atomic E-state index is 12.5. The third-order valence-electron chi connectivity index (χ3n) is 3.73. The van der Waals surface area contributed by atoms with Crippen LogP contribution in [0.2, 0.25) is 0 Å². The van der Waals surface area contributed by atoms with Crippen LogP contribution in [-0.2, 0) is 11.3 Å². The normalized spacial score (nSPS) is 14.6. The molecule has 0 aromatic heterocycles. The zero-order valence-electron chi connectivity index (χ0n) is 12.2. The van der Waals surface area contributed by atoms with Crippen molar-refractivity contribution in [2.75, 3.05) is 26.2 Å². The molecule has 1 aromatic carbocycles. The van der Waals surface area contributed by atoms with Crippen LogP contribution < -0.4 is 0 Å². The number of aliphatic hydroxyl groups excluding tert-OH is 1. The molecule has 1 fully saturated rings. The molecule has 110 valence electrons. The Morgan fingerprint density at radius 3 is 2.55 bits per heavy atom. The van der Waals surface area contributed by atoms with Gasteiger partial charge in [0.05, 0.1) is 13.2 Å². The van der Waals surface area contributed by atoms with Crippen molar-refractivity contribution in [3.8, 4) is 0 Å². The molecular weight excluding hydrogens is 252 g/mol. The average molecular weight is 276 g/mol. The van der Waals surface area contributed by atoms with Gasteiger partial charge in [-0.05, 0) is 24.9 Å². The third kappa shape index (κ3) is 4.32. The van der Waals surface area contributed by atoms with Gasteiger partial charge < -0.3 is 10.0 Å². The van der Waals surface area contributed by atoms with Gasteiger partial charge in [0, 0.05) is 19.1 Å². The first-order chi connectivity index (χ1) is 9.74. The summed E-state index contributed by atoms with van der Waals surface area (Å²) in [5.74, 6) is 0.173. The molecular formula is C16H24N2O2. The van der Waals surface area contributed by atoms with E-state index in [-0.39, 0.29) is 12.5 Å². The van der Waals surface area contributed by atoms with Crippen LogP contribution >= 0.6 is 0 Å². The number of benzene rings is 1. The Morgan fingerprint density at radius 1 is 1.30 bits per heavy atom. The maximum Gasteiger partial charge on any atom is 0.237 e. The SMILES string of the molecule is CCN(CCO)CC(=O)N(Cc1ccccc1)C1CC1. The Morgan fingerprint density at radius 2 is 2.00 bits per heavy atom. The number of hydrogen-bond acceptors (Lipinski definition) is 3. The highest BCUT2D eigenvalue weighted by Gasteiger charge is 2.32. The van der Waals surface area contributed by atoms with Crippen molar-refractivity contribution in [2.45, 2.75) is 32.4 Å². The molecule has 0 heterocycles. The standard InChI is InChI=1S/C16H24N2O2/c1-2-17(10-11-19)13-16(20)18(15-8-9-15)12-14-6-4-3-5-7-14/h3-7,15,19H,2,8-13H2,1H3. The quantitative estimate of drug-likeness (QED) is 0.782. The molecule has 0 aliphatic heterocycles. The summed E-state index contributed by atoms with van der Waals surface area (Å²) in [5, 5.41) is 9.01. The predicted molar refractivity (Wildman–Crippen MR) is 79.2 cm³/mol. The molecule has 1 amide bonds. The van der Waals surface area contributed by atoms with Crippen molar-refractivity contribution in [1.82, 2.24) is 9.80 Å². The molecule has 0 saturated heterocycles. The number of carbonyl (C=O) groups is 1. The summed E-state index contributed by atoms with van der Waals surface area (Å²) in [7, 11) is 0. The van der Waals surface area contributed by atoms with E-state index in [4.69, 9.17) is 5.11 Å². The van der Waals surface area contributed by atoms with Gasteiger partial charge in [-0.2, -0.15) is 0 Å². The zero-order valence-corrected chi connectivity index (χ0v) is 12.2. The Kier molecular flexibility index (Phi) is 5.56. The highest BCUT2D eigenvalue weighted by Crippen LogP contribution is 2.28. The smallest absolute Gasteiger partial charge is 0.237 e. The topological polar surface area (TPSA) is 43.8 Å². The largest absolute Gasteiger partial charge is 0.395 e. The van der Waals surface area contributed by atoms with Crippen LogP contribution in [0.25, 0.3) is 0 Å². The zero-order chi connectivity index (χ0) is 14.4. The number of nitrogens with zero attached hydrogens (tertiary/aromatic N) is 2. The second-order valence-electron chi connectivity index (χ2n) is 5.33. The van der Waals surface area contributed by atoms with Crippen LogP contribution in [0.1, 0.15) is 25.3 Å². The molecule has 4 nitrogen and oxygen atoms in total. The van der Waals surface area contributed by atoms with Crippen molar-refractivity contribution in [3.63, 3.8) is 0 Å². The van der Waals surface area contributed by atoms with Gasteiger partial charge in [-0.1, -0.05) is 37.3 Å². The van der Waals surface area contributed by atoms with Crippen LogP contribution in [0.5, 0.6) is 0 Å². The van der Waals surface area contributed by atoms with E-state index in [1.54, 1.807) is 0 Å². The fraction of sp³-hybridized carbons (Fsp3) is 0.562. The minimum atomic E-state index is 0.100. The Labute approximate surface area is 121 Å². The lowest BCUT2D eigenvalue weighted by Gasteiger charge is -2.26. The van der Waals surface area contributed by atoms with Crippen LogP contribution in [0, 0.1) is 0 Å². The second kappa shape index (κ2) is 7.41. The van der Waals surface area contributed by atoms with Gasteiger partial charge in [-0.25, -0.2) is 0 Å². The first-order valence-electron chi connectivity index (χ1n) is 7.41.